The van der Waals surface area contributed by atoms with Crippen molar-refractivity contribution in [2.75, 3.05) is 26.2 Å². The number of benzene rings is 1. The highest BCUT2D eigenvalue weighted by Gasteiger charge is 2.20. The zero-order valence-corrected chi connectivity index (χ0v) is 14.0. The van der Waals surface area contributed by atoms with Crippen LogP contribution in [0.25, 0.3) is 0 Å². The standard InChI is InChI=1S/C18H26N4O2/c23-17(21-16-6-3-9-19-12-16)7-10-20-18(24)22-11-8-14-4-1-2-5-15(14)13-22/h1-2,4-5,16,19H,3,6-13H2,(H,20,24)(H,21,23). The van der Waals surface area contributed by atoms with Gasteiger partial charge < -0.3 is 20.9 Å². The molecule has 2 heterocycles. The maximum atomic E-state index is 12.3. The van der Waals surface area contributed by atoms with Crippen LogP contribution < -0.4 is 16.0 Å². The summed E-state index contributed by atoms with van der Waals surface area (Å²) in [5.74, 6) is 0.00740. The third-order valence-electron chi connectivity index (χ3n) is 4.71. The molecule has 1 atom stereocenters. The summed E-state index contributed by atoms with van der Waals surface area (Å²) in [6.45, 7) is 3.61. The van der Waals surface area contributed by atoms with Gasteiger partial charge in [0.15, 0.2) is 0 Å². The molecule has 6 heteroatoms. The van der Waals surface area contributed by atoms with Crippen molar-refractivity contribution in [3.05, 3.63) is 35.4 Å². The summed E-state index contributed by atoms with van der Waals surface area (Å²) in [5, 5.41) is 9.16. The van der Waals surface area contributed by atoms with Crippen LogP contribution >= 0.6 is 0 Å². The average Bonchev–Trinajstić information content (AvgIpc) is 2.62. The second-order valence-electron chi connectivity index (χ2n) is 6.53. The Kier molecular flexibility index (Phi) is 5.69. The SMILES string of the molecule is O=C(CCNC(=O)N1CCc2ccccc2C1)NC1CCCNC1. The van der Waals surface area contributed by atoms with Gasteiger partial charge in [0.05, 0.1) is 0 Å². The fourth-order valence-electron chi connectivity index (χ4n) is 3.34. The molecule has 1 unspecified atom stereocenters. The van der Waals surface area contributed by atoms with Crippen LogP contribution in [-0.4, -0.2) is 49.1 Å². The van der Waals surface area contributed by atoms with E-state index in [2.05, 4.69) is 28.1 Å². The first kappa shape index (κ1) is 16.8. The Morgan fingerprint density at radius 2 is 2.08 bits per heavy atom. The van der Waals surface area contributed by atoms with E-state index in [4.69, 9.17) is 0 Å². The molecule has 1 aromatic carbocycles. The van der Waals surface area contributed by atoms with Gasteiger partial charge in [0.1, 0.15) is 0 Å². The molecule has 3 amide bonds. The molecule has 6 nitrogen and oxygen atoms in total. The van der Waals surface area contributed by atoms with E-state index in [-0.39, 0.29) is 18.0 Å². The van der Waals surface area contributed by atoms with Crippen molar-refractivity contribution < 1.29 is 9.59 Å². The molecule has 0 radical (unpaired) electrons. The monoisotopic (exact) mass is 330 g/mol. The maximum Gasteiger partial charge on any atom is 0.317 e. The summed E-state index contributed by atoms with van der Waals surface area (Å²) in [5.41, 5.74) is 2.53. The number of carbonyl (C=O) groups excluding carboxylic acids is 2. The Morgan fingerprint density at radius 3 is 2.88 bits per heavy atom. The molecule has 3 rings (SSSR count). The van der Waals surface area contributed by atoms with Gasteiger partial charge in [0.25, 0.3) is 0 Å². The van der Waals surface area contributed by atoms with Crippen molar-refractivity contribution in [3.8, 4) is 0 Å². The van der Waals surface area contributed by atoms with Crippen molar-refractivity contribution in [3.63, 3.8) is 0 Å². The van der Waals surface area contributed by atoms with Gasteiger partial charge in [-0.3, -0.25) is 4.79 Å². The van der Waals surface area contributed by atoms with Crippen LogP contribution in [0.3, 0.4) is 0 Å². The second kappa shape index (κ2) is 8.15. The van der Waals surface area contributed by atoms with Gasteiger partial charge in [-0.2, -0.15) is 0 Å². The molecule has 0 aliphatic carbocycles. The summed E-state index contributed by atoms with van der Waals surface area (Å²) in [4.78, 5) is 26.0. The minimum atomic E-state index is -0.0864. The number of urea groups is 1. The van der Waals surface area contributed by atoms with E-state index in [9.17, 15) is 9.59 Å². The lowest BCUT2D eigenvalue weighted by Gasteiger charge is -2.29. The fourth-order valence-corrected chi connectivity index (χ4v) is 3.34. The lowest BCUT2D eigenvalue weighted by Crippen LogP contribution is -2.47. The molecule has 0 saturated carbocycles. The first-order chi connectivity index (χ1) is 11.7. The summed E-state index contributed by atoms with van der Waals surface area (Å²) >= 11 is 0. The lowest BCUT2D eigenvalue weighted by molar-refractivity contribution is -0.121. The third kappa shape index (κ3) is 4.47. The molecule has 2 aliphatic rings. The normalized spacial score (nSPS) is 20.2. The largest absolute Gasteiger partial charge is 0.352 e. The van der Waals surface area contributed by atoms with E-state index < -0.39 is 0 Å². The van der Waals surface area contributed by atoms with E-state index in [1.165, 1.54) is 11.1 Å². The molecule has 24 heavy (non-hydrogen) atoms. The molecule has 0 aromatic heterocycles. The predicted molar refractivity (Wildman–Crippen MR) is 92.6 cm³/mol. The van der Waals surface area contributed by atoms with Gasteiger partial charge in [0.2, 0.25) is 5.91 Å². The van der Waals surface area contributed by atoms with E-state index in [1.807, 2.05) is 17.0 Å². The molecule has 1 saturated heterocycles. The van der Waals surface area contributed by atoms with Crippen molar-refractivity contribution >= 4 is 11.9 Å². The number of hydrogen-bond acceptors (Lipinski definition) is 3. The molecule has 0 spiro atoms. The Hall–Kier alpha value is -2.08. The Labute approximate surface area is 143 Å². The number of rotatable bonds is 4. The van der Waals surface area contributed by atoms with Gasteiger partial charge >= 0.3 is 6.03 Å². The number of nitrogens with zero attached hydrogens (tertiary/aromatic N) is 1. The number of fused-ring (bicyclic) bond motifs is 1. The smallest absolute Gasteiger partial charge is 0.317 e. The zero-order valence-electron chi connectivity index (χ0n) is 14.0. The van der Waals surface area contributed by atoms with E-state index in [0.717, 1.165) is 38.9 Å². The number of carbonyl (C=O) groups is 2. The lowest BCUT2D eigenvalue weighted by atomic mass is 10.0. The van der Waals surface area contributed by atoms with Crippen molar-refractivity contribution in [2.45, 2.75) is 38.3 Å². The molecule has 1 aromatic rings. The molecule has 130 valence electrons. The quantitative estimate of drug-likeness (QED) is 0.771. The topological polar surface area (TPSA) is 73.5 Å². The average molecular weight is 330 g/mol. The summed E-state index contributed by atoms with van der Waals surface area (Å²) < 4.78 is 0. The number of piperidine rings is 1. The van der Waals surface area contributed by atoms with Crippen LogP contribution in [0.4, 0.5) is 4.79 Å². The molecule has 3 N–H and O–H groups in total. The highest BCUT2D eigenvalue weighted by molar-refractivity contribution is 5.78. The Bertz CT molecular complexity index is 584. The van der Waals surface area contributed by atoms with E-state index >= 15 is 0 Å². The van der Waals surface area contributed by atoms with Crippen LogP contribution in [0.2, 0.25) is 0 Å². The predicted octanol–water partition coefficient (Wildman–Crippen LogP) is 1.01. The van der Waals surface area contributed by atoms with Crippen LogP contribution in [-0.2, 0) is 17.8 Å². The van der Waals surface area contributed by atoms with Crippen LogP contribution in [0, 0.1) is 0 Å². The zero-order chi connectivity index (χ0) is 16.8. The number of nitrogens with one attached hydrogen (secondary N) is 3. The molecular formula is C18H26N4O2. The number of amides is 3. The summed E-state index contributed by atoms with van der Waals surface area (Å²) in [7, 11) is 0. The summed E-state index contributed by atoms with van der Waals surface area (Å²) in [6, 6.07) is 8.37. The van der Waals surface area contributed by atoms with Crippen LogP contribution in [0.1, 0.15) is 30.4 Å². The second-order valence-corrected chi connectivity index (χ2v) is 6.53. The molecular weight excluding hydrogens is 304 g/mol. The minimum absolute atomic E-state index is 0.00740. The highest BCUT2D eigenvalue weighted by Crippen LogP contribution is 2.18. The molecule has 1 fully saturated rings. The van der Waals surface area contributed by atoms with Crippen LogP contribution in [0.15, 0.2) is 24.3 Å². The van der Waals surface area contributed by atoms with Gasteiger partial charge in [-0.15, -0.1) is 0 Å². The fraction of sp³-hybridized carbons (Fsp3) is 0.556. The number of hydrogen-bond donors (Lipinski definition) is 3. The third-order valence-corrected chi connectivity index (χ3v) is 4.71. The Balaban J connectivity index is 1.37. The van der Waals surface area contributed by atoms with Crippen molar-refractivity contribution in [1.82, 2.24) is 20.9 Å². The van der Waals surface area contributed by atoms with Gasteiger partial charge in [0, 0.05) is 38.6 Å². The van der Waals surface area contributed by atoms with Gasteiger partial charge in [-0.1, -0.05) is 24.3 Å². The molecule has 2 aliphatic heterocycles. The highest BCUT2D eigenvalue weighted by atomic mass is 16.2. The van der Waals surface area contributed by atoms with Crippen molar-refractivity contribution in [1.29, 1.82) is 0 Å². The van der Waals surface area contributed by atoms with Gasteiger partial charge in [-0.05, 0) is 36.9 Å². The minimum Gasteiger partial charge on any atom is -0.352 e. The molecule has 0 bridgehead atoms. The summed E-state index contributed by atoms with van der Waals surface area (Å²) in [6.07, 6.45) is 3.34. The Morgan fingerprint density at radius 1 is 1.25 bits per heavy atom. The van der Waals surface area contributed by atoms with Gasteiger partial charge in [-0.25, -0.2) is 4.79 Å². The first-order valence-electron chi connectivity index (χ1n) is 8.82. The van der Waals surface area contributed by atoms with Crippen LogP contribution in [0.5, 0.6) is 0 Å². The van der Waals surface area contributed by atoms with Crippen molar-refractivity contribution in [2.24, 2.45) is 0 Å². The van der Waals surface area contributed by atoms with E-state index in [1.54, 1.807) is 0 Å². The maximum absolute atomic E-state index is 12.3. The van der Waals surface area contributed by atoms with E-state index in [0.29, 0.717) is 19.5 Å². The first-order valence-corrected chi connectivity index (χ1v) is 8.82.